The summed E-state index contributed by atoms with van der Waals surface area (Å²) in [5.41, 5.74) is 3.51. The Balaban J connectivity index is 1.42. The summed E-state index contributed by atoms with van der Waals surface area (Å²) in [6, 6.07) is 15.8. The normalized spacial score (nSPS) is 13.1. The van der Waals surface area contributed by atoms with E-state index in [2.05, 4.69) is 19.1 Å². The zero-order chi connectivity index (χ0) is 23.2. The lowest BCUT2D eigenvalue weighted by molar-refractivity contribution is -0.135. The summed E-state index contributed by atoms with van der Waals surface area (Å²) in [7, 11) is 1.53. The lowest BCUT2D eigenvalue weighted by atomic mass is 10.00. The quantitative estimate of drug-likeness (QED) is 0.499. The SMILES string of the molecule is CCCN(Cc1cccn1Cc1ccc(C(=O)N2CCc3ccccc3C2)o1)C(=O)COC. The smallest absolute Gasteiger partial charge is 0.289 e. The third-order valence-electron chi connectivity index (χ3n) is 6.01. The molecule has 3 heterocycles. The van der Waals surface area contributed by atoms with Crippen molar-refractivity contribution < 1.29 is 18.7 Å². The van der Waals surface area contributed by atoms with Crippen molar-refractivity contribution in [2.24, 2.45) is 0 Å². The van der Waals surface area contributed by atoms with E-state index in [-0.39, 0.29) is 18.4 Å². The molecule has 7 nitrogen and oxygen atoms in total. The van der Waals surface area contributed by atoms with Gasteiger partial charge in [0, 0.05) is 38.6 Å². The molecule has 0 radical (unpaired) electrons. The molecular weight excluding hydrogens is 418 g/mol. The minimum Gasteiger partial charge on any atom is -0.454 e. The molecule has 7 heteroatoms. The Labute approximate surface area is 194 Å². The highest BCUT2D eigenvalue weighted by atomic mass is 16.5. The largest absolute Gasteiger partial charge is 0.454 e. The topological polar surface area (TPSA) is 67.9 Å². The van der Waals surface area contributed by atoms with Crippen molar-refractivity contribution in [2.75, 3.05) is 26.8 Å². The molecule has 2 aromatic heterocycles. The number of ether oxygens (including phenoxy) is 1. The van der Waals surface area contributed by atoms with Crippen molar-refractivity contribution in [3.8, 4) is 0 Å². The number of rotatable bonds is 9. The van der Waals surface area contributed by atoms with Gasteiger partial charge in [0.2, 0.25) is 5.91 Å². The maximum atomic E-state index is 13.0. The fourth-order valence-electron chi connectivity index (χ4n) is 4.29. The second-order valence-electron chi connectivity index (χ2n) is 8.39. The number of benzene rings is 1. The van der Waals surface area contributed by atoms with E-state index < -0.39 is 0 Å². The average Bonchev–Trinajstić information content (AvgIpc) is 3.48. The Morgan fingerprint density at radius 3 is 2.70 bits per heavy atom. The molecule has 174 valence electrons. The fourth-order valence-corrected chi connectivity index (χ4v) is 4.29. The second kappa shape index (κ2) is 10.5. The number of carbonyl (C=O) groups excluding carboxylic acids is 2. The van der Waals surface area contributed by atoms with Gasteiger partial charge in [-0.3, -0.25) is 9.59 Å². The lowest BCUT2D eigenvalue weighted by Crippen LogP contribution is -2.35. The van der Waals surface area contributed by atoms with Crippen molar-refractivity contribution in [1.29, 1.82) is 0 Å². The maximum absolute atomic E-state index is 13.0. The van der Waals surface area contributed by atoms with Crippen LogP contribution in [0.5, 0.6) is 0 Å². The summed E-state index contributed by atoms with van der Waals surface area (Å²) in [4.78, 5) is 29.0. The molecule has 0 spiro atoms. The highest BCUT2D eigenvalue weighted by Gasteiger charge is 2.24. The van der Waals surface area contributed by atoms with Gasteiger partial charge in [-0.05, 0) is 48.2 Å². The van der Waals surface area contributed by atoms with Crippen LogP contribution in [-0.4, -0.2) is 53.0 Å². The summed E-state index contributed by atoms with van der Waals surface area (Å²) in [5.74, 6) is 0.961. The third kappa shape index (κ3) is 5.37. The molecule has 4 rings (SSSR count). The van der Waals surface area contributed by atoms with Crippen LogP contribution in [0, 0.1) is 0 Å². The highest BCUT2D eigenvalue weighted by molar-refractivity contribution is 5.91. The van der Waals surface area contributed by atoms with E-state index in [1.165, 1.54) is 18.2 Å². The highest BCUT2D eigenvalue weighted by Crippen LogP contribution is 2.21. The molecule has 0 fully saturated rings. The number of hydrogen-bond donors (Lipinski definition) is 0. The minimum atomic E-state index is -0.0808. The van der Waals surface area contributed by atoms with Gasteiger partial charge < -0.3 is 23.5 Å². The van der Waals surface area contributed by atoms with E-state index in [0.29, 0.717) is 44.2 Å². The van der Waals surface area contributed by atoms with Crippen LogP contribution in [0.2, 0.25) is 0 Å². The van der Waals surface area contributed by atoms with E-state index in [1.54, 1.807) is 11.0 Å². The van der Waals surface area contributed by atoms with Crippen LogP contribution in [0.25, 0.3) is 0 Å². The van der Waals surface area contributed by atoms with Crippen LogP contribution in [0.3, 0.4) is 0 Å². The van der Waals surface area contributed by atoms with Gasteiger partial charge in [-0.2, -0.15) is 0 Å². The number of aromatic nitrogens is 1. The Hall–Kier alpha value is -3.32. The zero-order valence-corrected chi connectivity index (χ0v) is 19.3. The monoisotopic (exact) mass is 449 g/mol. The molecule has 0 unspecified atom stereocenters. The summed E-state index contributed by atoms with van der Waals surface area (Å²) in [5, 5.41) is 0. The molecule has 0 saturated carbocycles. The van der Waals surface area contributed by atoms with Crippen LogP contribution in [0.1, 0.15) is 46.5 Å². The first kappa shape index (κ1) is 22.9. The first-order valence-electron chi connectivity index (χ1n) is 11.4. The molecule has 0 aliphatic carbocycles. The molecule has 3 aromatic rings. The van der Waals surface area contributed by atoms with E-state index in [4.69, 9.17) is 9.15 Å². The van der Waals surface area contributed by atoms with Gasteiger partial charge in [-0.25, -0.2) is 0 Å². The molecule has 33 heavy (non-hydrogen) atoms. The predicted molar refractivity (Wildman–Crippen MR) is 125 cm³/mol. The van der Waals surface area contributed by atoms with Crippen molar-refractivity contribution in [2.45, 2.75) is 39.4 Å². The number of furan rings is 1. The molecule has 0 atom stereocenters. The Morgan fingerprint density at radius 2 is 1.91 bits per heavy atom. The number of carbonyl (C=O) groups is 2. The zero-order valence-electron chi connectivity index (χ0n) is 19.3. The van der Waals surface area contributed by atoms with Crippen molar-refractivity contribution in [3.05, 3.63) is 83.1 Å². The summed E-state index contributed by atoms with van der Waals surface area (Å²) in [6.45, 7) is 5.09. The Morgan fingerprint density at radius 1 is 1.09 bits per heavy atom. The van der Waals surface area contributed by atoms with Gasteiger partial charge in [-0.15, -0.1) is 0 Å². The van der Waals surface area contributed by atoms with Gasteiger partial charge in [0.15, 0.2) is 5.76 Å². The van der Waals surface area contributed by atoms with E-state index in [0.717, 1.165) is 18.5 Å². The predicted octanol–water partition coefficient (Wildman–Crippen LogP) is 3.71. The third-order valence-corrected chi connectivity index (χ3v) is 6.01. The van der Waals surface area contributed by atoms with Crippen LogP contribution < -0.4 is 0 Å². The lowest BCUT2D eigenvalue weighted by Gasteiger charge is -2.28. The van der Waals surface area contributed by atoms with Gasteiger partial charge in [-0.1, -0.05) is 31.2 Å². The molecule has 1 aliphatic rings. The number of amides is 2. The number of methoxy groups -OCH3 is 1. The molecule has 0 bridgehead atoms. The second-order valence-corrected chi connectivity index (χ2v) is 8.39. The molecule has 0 saturated heterocycles. The molecule has 1 aromatic carbocycles. The van der Waals surface area contributed by atoms with Gasteiger partial charge >= 0.3 is 0 Å². The average molecular weight is 450 g/mol. The van der Waals surface area contributed by atoms with Crippen LogP contribution >= 0.6 is 0 Å². The molecular formula is C26H31N3O4. The summed E-state index contributed by atoms with van der Waals surface area (Å²) in [6.07, 6.45) is 3.70. The number of nitrogens with zero attached hydrogens (tertiary/aromatic N) is 3. The van der Waals surface area contributed by atoms with Crippen LogP contribution in [0.4, 0.5) is 0 Å². The summed E-state index contributed by atoms with van der Waals surface area (Å²) >= 11 is 0. The fraction of sp³-hybridized carbons (Fsp3) is 0.385. The first-order chi connectivity index (χ1) is 16.1. The number of hydrogen-bond acceptors (Lipinski definition) is 4. The molecule has 2 amide bonds. The Bertz CT molecular complexity index is 1100. The van der Waals surface area contributed by atoms with Crippen molar-refractivity contribution in [1.82, 2.24) is 14.4 Å². The van der Waals surface area contributed by atoms with Crippen molar-refractivity contribution >= 4 is 11.8 Å². The minimum absolute atomic E-state index is 0.0268. The van der Waals surface area contributed by atoms with Gasteiger partial charge in [0.1, 0.15) is 12.4 Å². The van der Waals surface area contributed by atoms with E-state index >= 15 is 0 Å². The maximum Gasteiger partial charge on any atom is 0.289 e. The van der Waals surface area contributed by atoms with Gasteiger partial charge in [0.25, 0.3) is 5.91 Å². The standard InChI is InChI=1S/C26H31N3O4/c1-3-13-28(25(30)19-32-2)17-22-9-6-14-27(22)18-23-10-11-24(33-23)26(31)29-15-12-20-7-4-5-8-21(20)16-29/h4-11,14H,3,12-13,15-19H2,1-2H3. The van der Waals surface area contributed by atoms with E-state index in [1.807, 2.05) is 46.0 Å². The van der Waals surface area contributed by atoms with Gasteiger partial charge in [0.05, 0.1) is 13.1 Å². The first-order valence-corrected chi connectivity index (χ1v) is 11.4. The molecule has 0 N–H and O–H groups in total. The summed E-state index contributed by atoms with van der Waals surface area (Å²) < 4.78 is 13.0. The van der Waals surface area contributed by atoms with Crippen molar-refractivity contribution in [3.63, 3.8) is 0 Å². The number of fused-ring (bicyclic) bond motifs is 1. The van der Waals surface area contributed by atoms with Crippen LogP contribution in [-0.2, 0) is 35.6 Å². The van der Waals surface area contributed by atoms with Crippen LogP contribution in [0.15, 0.2) is 59.1 Å². The molecule has 1 aliphatic heterocycles. The Kier molecular flexibility index (Phi) is 7.29. The van der Waals surface area contributed by atoms with E-state index in [9.17, 15) is 9.59 Å².